The lowest BCUT2D eigenvalue weighted by Crippen LogP contribution is -2.03. The summed E-state index contributed by atoms with van der Waals surface area (Å²) in [6.45, 7) is 2.05. The molecule has 1 rings (SSSR count). The molecule has 0 N–H and O–H groups in total. The maximum atomic E-state index is 11.3. The molecule has 0 aromatic carbocycles. The van der Waals surface area contributed by atoms with Gasteiger partial charge in [-0.05, 0) is 12.5 Å². The summed E-state index contributed by atoms with van der Waals surface area (Å²) >= 11 is 0. The van der Waals surface area contributed by atoms with E-state index in [1.54, 1.807) is 18.5 Å². The average Bonchev–Trinajstić information content (AvgIpc) is 2.15. The minimum Gasteiger partial charge on any atom is -0.291 e. The Kier molecular flexibility index (Phi) is 3.38. The van der Waals surface area contributed by atoms with E-state index in [-0.39, 0.29) is 5.78 Å². The molecule has 0 aliphatic carbocycles. The monoisotopic (exact) mass is 164 g/mol. The van der Waals surface area contributed by atoms with Crippen molar-refractivity contribution in [1.29, 1.82) is 0 Å². The number of carbonyl (C=O) groups excluding carboxylic acids is 1. The summed E-state index contributed by atoms with van der Waals surface area (Å²) in [5.41, 5.74) is 0. The fourth-order valence-electron chi connectivity index (χ4n) is 0.892. The Hall–Kier alpha value is -1.25. The van der Waals surface area contributed by atoms with Crippen molar-refractivity contribution in [2.45, 2.75) is 26.2 Å². The Morgan fingerprint density at radius 2 is 2.08 bits per heavy atom. The van der Waals surface area contributed by atoms with Crippen molar-refractivity contribution in [2.24, 2.45) is 0 Å². The van der Waals surface area contributed by atoms with E-state index in [9.17, 15) is 4.79 Å². The summed E-state index contributed by atoms with van der Waals surface area (Å²) in [7, 11) is 0. The van der Waals surface area contributed by atoms with Crippen LogP contribution < -0.4 is 0 Å². The summed E-state index contributed by atoms with van der Waals surface area (Å²) in [4.78, 5) is 19.0. The van der Waals surface area contributed by atoms with Gasteiger partial charge >= 0.3 is 0 Å². The van der Waals surface area contributed by atoms with Crippen LogP contribution >= 0.6 is 0 Å². The minimum absolute atomic E-state index is 0.0393. The van der Waals surface area contributed by atoms with Gasteiger partial charge < -0.3 is 0 Å². The highest BCUT2D eigenvalue weighted by Crippen LogP contribution is 2.00. The summed E-state index contributed by atoms with van der Waals surface area (Å²) in [6, 6.07) is 1.70. The zero-order valence-corrected chi connectivity index (χ0v) is 7.16. The third kappa shape index (κ3) is 2.42. The molecule has 0 atom stereocenters. The van der Waals surface area contributed by atoms with Gasteiger partial charge in [-0.3, -0.25) is 4.79 Å². The van der Waals surface area contributed by atoms with Crippen molar-refractivity contribution < 1.29 is 4.79 Å². The second-order valence-electron chi connectivity index (χ2n) is 2.60. The van der Waals surface area contributed by atoms with E-state index < -0.39 is 0 Å². The second kappa shape index (κ2) is 4.59. The smallest absolute Gasteiger partial charge is 0.200 e. The predicted octanol–water partition coefficient (Wildman–Crippen LogP) is 1.85. The second-order valence-corrected chi connectivity index (χ2v) is 2.60. The van der Waals surface area contributed by atoms with E-state index in [1.807, 2.05) is 0 Å². The first kappa shape index (κ1) is 8.84. The average molecular weight is 164 g/mol. The van der Waals surface area contributed by atoms with Crippen LogP contribution in [0, 0.1) is 0 Å². The van der Waals surface area contributed by atoms with Gasteiger partial charge in [0.15, 0.2) is 11.6 Å². The van der Waals surface area contributed by atoms with Gasteiger partial charge in [-0.2, -0.15) is 0 Å². The van der Waals surface area contributed by atoms with Crippen LogP contribution in [0.2, 0.25) is 0 Å². The highest BCUT2D eigenvalue weighted by Gasteiger charge is 2.05. The first-order valence-corrected chi connectivity index (χ1v) is 4.15. The van der Waals surface area contributed by atoms with Crippen LogP contribution in [0.4, 0.5) is 0 Å². The van der Waals surface area contributed by atoms with Crippen LogP contribution in [0.1, 0.15) is 36.8 Å². The molecule has 0 amide bonds. The van der Waals surface area contributed by atoms with Crippen molar-refractivity contribution in [3.8, 4) is 0 Å². The summed E-state index contributed by atoms with van der Waals surface area (Å²) in [6.07, 6.45) is 5.68. The Morgan fingerprint density at radius 3 is 2.67 bits per heavy atom. The number of nitrogens with zero attached hydrogens (tertiary/aromatic N) is 2. The molecule has 0 aliphatic heterocycles. The largest absolute Gasteiger partial charge is 0.291 e. The molecule has 3 heteroatoms. The molecular weight excluding hydrogens is 152 g/mol. The molecule has 1 aromatic rings. The van der Waals surface area contributed by atoms with E-state index >= 15 is 0 Å². The van der Waals surface area contributed by atoms with Crippen molar-refractivity contribution in [3.05, 3.63) is 24.3 Å². The van der Waals surface area contributed by atoms with Crippen LogP contribution in [-0.2, 0) is 0 Å². The van der Waals surface area contributed by atoms with Gasteiger partial charge in [-0.1, -0.05) is 13.3 Å². The highest BCUT2D eigenvalue weighted by atomic mass is 16.1. The Labute approximate surface area is 71.9 Å². The number of unbranched alkanes of at least 4 members (excludes halogenated alkanes) is 1. The zero-order chi connectivity index (χ0) is 8.81. The van der Waals surface area contributed by atoms with Gasteiger partial charge in [-0.15, -0.1) is 0 Å². The molecule has 0 aliphatic rings. The lowest BCUT2D eigenvalue weighted by atomic mass is 10.2. The molecule has 0 fully saturated rings. The fourth-order valence-corrected chi connectivity index (χ4v) is 0.892. The first-order chi connectivity index (χ1) is 5.84. The SMILES string of the molecule is CCCCC(=O)c1ncccn1. The summed E-state index contributed by atoms with van der Waals surface area (Å²) in [5, 5.41) is 0. The van der Waals surface area contributed by atoms with E-state index in [2.05, 4.69) is 16.9 Å². The van der Waals surface area contributed by atoms with Crippen molar-refractivity contribution in [2.75, 3.05) is 0 Å². The normalized spacial score (nSPS) is 9.75. The Balaban J connectivity index is 2.54. The van der Waals surface area contributed by atoms with Gasteiger partial charge in [0.05, 0.1) is 0 Å². The number of hydrogen-bond donors (Lipinski definition) is 0. The quantitative estimate of drug-likeness (QED) is 0.638. The van der Waals surface area contributed by atoms with Crippen LogP contribution in [-0.4, -0.2) is 15.8 Å². The molecule has 1 heterocycles. The maximum absolute atomic E-state index is 11.3. The number of hydrogen-bond acceptors (Lipinski definition) is 3. The van der Waals surface area contributed by atoms with Gasteiger partial charge in [0, 0.05) is 18.8 Å². The van der Waals surface area contributed by atoms with Gasteiger partial charge in [-0.25, -0.2) is 9.97 Å². The van der Waals surface area contributed by atoms with Crippen molar-refractivity contribution in [3.63, 3.8) is 0 Å². The molecule has 0 saturated carbocycles. The Bertz CT molecular complexity index is 246. The predicted molar refractivity (Wildman–Crippen MR) is 45.9 cm³/mol. The minimum atomic E-state index is 0.0393. The van der Waals surface area contributed by atoms with Gasteiger partial charge in [0.1, 0.15) is 0 Å². The van der Waals surface area contributed by atoms with Crippen LogP contribution in [0.3, 0.4) is 0 Å². The van der Waals surface area contributed by atoms with E-state index in [4.69, 9.17) is 0 Å². The summed E-state index contributed by atoms with van der Waals surface area (Å²) in [5.74, 6) is 0.378. The number of carbonyl (C=O) groups is 1. The lowest BCUT2D eigenvalue weighted by molar-refractivity contribution is 0.0969. The van der Waals surface area contributed by atoms with Crippen LogP contribution in [0.5, 0.6) is 0 Å². The van der Waals surface area contributed by atoms with Crippen molar-refractivity contribution >= 4 is 5.78 Å². The number of rotatable bonds is 4. The molecule has 1 aromatic heterocycles. The third-order valence-corrected chi connectivity index (χ3v) is 1.57. The molecule has 0 spiro atoms. The highest BCUT2D eigenvalue weighted by molar-refractivity contribution is 5.92. The summed E-state index contributed by atoms with van der Waals surface area (Å²) < 4.78 is 0. The fraction of sp³-hybridized carbons (Fsp3) is 0.444. The maximum Gasteiger partial charge on any atom is 0.200 e. The van der Waals surface area contributed by atoms with Gasteiger partial charge in [0.25, 0.3) is 0 Å². The first-order valence-electron chi connectivity index (χ1n) is 4.15. The number of ketones is 1. The molecule has 12 heavy (non-hydrogen) atoms. The molecule has 64 valence electrons. The molecule has 0 radical (unpaired) electrons. The molecule has 3 nitrogen and oxygen atoms in total. The van der Waals surface area contributed by atoms with E-state index in [0.29, 0.717) is 12.2 Å². The van der Waals surface area contributed by atoms with Crippen LogP contribution in [0.25, 0.3) is 0 Å². The molecule has 0 unspecified atom stereocenters. The third-order valence-electron chi connectivity index (χ3n) is 1.57. The molecular formula is C9H12N2O. The number of aromatic nitrogens is 2. The number of Topliss-reactive ketones (excluding diaryl/α,β-unsaturated/α-hetero) is 1. The van der Waals surface area contributed by atoms with E-state index in [0.717, 1.165) is 12.8 Å². The molecule has 0 bridgehead atoms. The zero-order valence-electron chi connectivity index (χ0n) is 7.16. The lowest BCUT2D eigenvalue weighted by Gasteiger charge is -1.95. The Morgan fingerprint density at radius 1 is 1.42 bits per heavy atom. The van der Waals surface area contributed by atoms with Crippen molar-refractivity contribution in [1.82, 2.24) is 9.97 Å². The molecule has 0 saturated heterocycles. The van der Waals surface area contributed by atoms with E-state index in [1.165, 1.54) is 0 Å². The topological polar surface area (TPSA) is 42.9 Å². The standard InChI is InChI=1S/C9H12N2O/c1-2-3-5-8(12)9-10-6-4-7-11-9/h4,6-7H,2-3,5H2,1H3. The van der Waals surface area contributed by atoms with Gasteiger partial charge in [0.2, 0.25) is 0 Å². The van der Waals surface area contributed by atoms with Crippen LogP contribution in [0.15, 0.2) is 18.5 Å².